The highest BCUT2D eigenvalue weighted by Crippen LogP contribution is 2.30. The smallest absolute Gasteiger partial charge is 0.299 e. The molecule has 1 aliphatic rings. The highest BCUT2D eigenvalue weighted by atomic mass is 35.5. The summed E-state index contributed by atoms with van der Waals surface area (Å²) in [6, 6.07) is 5.59. The Labute approximate surface area is 116 Å². The van der Waals surface area contributed by atoms with E-state index >= 15 is 0 Å². The zero-order valence-electron chi connectivity index (χ0n) is 10.6. The van der Waals surface area contributed by atoms with Crippen molar-refractivity contribution < 1.29 is 13.2 Å². The Kier molecular flexibility index (Phi) is 4.74. The van der Waals surface area contributed by atoms with E-state index in [1.54, 1.807) is 6.07 Å². The number of halogens is 4. The molecule has 2 rings (SSSR count). The first-order valence-corrected chi connectivity index (χ1v) is 6.97. The van der Waals surface area contributed by atoms with Crippen molar-refractivity contribution in [3.05, 3.63) is 35.4 Å². The molecule has 0 unspecified atom stereocenters. The fraction of sp³-hybridized carbons (Fsp3) is 0.571. The molecule has 106 valence electrons. The number of piperidine rings is 1. The predicted molar refractivity (Wildman–Crippen MR) is 70.2 cm³/mol. The van der Waals surface area contributed by atoms with E-state index in [2.05, 4.69) is 4.90 Å². The van der Waals surface area contributed by atoms with Crippen LogP contribution in [-0.2, 0) is 12.7 Å². The third-order valence-corrected chi connectivity index (χ3v) is 4.02. The van der Waals surface area contributed by atoms with E-state index in [9.17, 15) is 13.2 Å². The van der Waals surface area contributed by atoms with Crippen molar-refractivity contribution in [2.75, 3.05) is 19.0 Å². The van der Waals surface area contributed by atoms with E-state index in [1.165, 1.54) is 12.1 Å². The third kappa shape index (κ3) is 4.11. The molecule has 0 aromatic heterocycles. The lowest BCUT2D eigenvalue weighted by Crippen LogP contribution is -2.33. The van der Waals surface area contributed by atoms with Gasteiger partial charge in [-0.15, -0.1) is 11.6 Å². The Hall–Kier alpha value is -0.740. The minimum atomic E-state index is -4.26. The van der Waals surface area contributed by atoms with Crippen molar-refractivity contribution in [1.29, 1.82) is 0 Å². The molecule has 0 N–H and O–H groups in total. The first-order valence-electron chi connectivity index (χ1n) is 6.43. The summed E-state index contributed by atoms with van der Waals surface area (Å²) in [5.41, 5.74) is 0.153. The zero-order chi connectivity index (χ0) is 13.9. The molecule has 0 spiro atoms. The maximum Gasteiger partial charge on any atom is 0.416 e. The summed E-state index contributed by atoms with van der Waals surface area (Å²) in [7, 11) is 0. The fourth-order valence-electron chi connectivity index (χ4n) is 2.40. The Morgan fingerprint density at radius 3 is 2.47 bits per heavy atom. The summed E-state index contributed by atoms with van der Waals surface area (Å²) in [5.74, 6) is 1.23. The maximum atomic E-state index is 12.6. The SMILES string of the molecule is FC(F)(F)c1cccc(CN2CCC(CCl)CC2)c1. The van der Waals surface area contributed by atoms with Crippen LogP contribution in [0.5, 0.6) is 0 Å². The summed E-state index contributed by atoms with van der Waals surface area (Å²) in [5, 5.41) is 0. The van der Waals surface area contributed by atoms with Gasteiger partial charge in [0.25, 0.3) is 0 Å². The van der Waals surface area contributed by atoms with Gasteiger partial charge in [0.2, 0.25) is 0 Å². The van der Waals surface area contributed by atoms with Crippen LogP contribution >= 0.6 is 11.6 Å². The first kappa shape index (κ1) is 14.7. The molecule has 0 bridgehead atoms. The first-order chi connectivity index (χ1) is 8.99. The molecule has 1 saturated heterocycles. The average Bonchev–Trinajstić information content (AvgIpc) is 2.39. The highest BCUT2D eigenvalue weighted by Gasteiger charge is 2.30. The van der Waals surface area contributed by atoms with E-state index in [-0.39, 0.29) is 0 Å². The normalized spacial score (nSPS) is 18.7. The summed E-state index contributed by atoms with van der Waals surface area (Å²) in [6.45, 7) is 2.40. The topological polar surface area (TPSA) is 3.24 Å². The van der Waals surface area contributed by atoms with Crippen LogP contribution in [-0.4, -0.2) is 23.9 Å². The molecule has 1 aromatic rings. The summed E-state index contributed by atoms with van der Waals surface area (Å²) in [6.07, 6.45) is -2.20. The highest BCUT2D eigenvalue weighted by molar-refractivity contribution is 6.18. The second-order valence-electron chi connectivity index (χ2n) is 5.07. The largest absolute Gasteiger partial charge is 0.416 e. The molecular formula is C14H17ClF3N. The van der Waals surface area contributed by atoms with Gasteiger partial charge in [-0.1, -0.05) is 18.2 Å². The second-order valence-corrected chi connectivity index (χ2v) is 5.38. The van der Waals surface area contributed by atoms with Crippen LogP contribution in [0.1, 0.15) is 24.0 Å². The van der Waals surface area contributed by atoms with Crippen LogP contribution < -0.4 is 0 Å². The zero-order valence-corrected chi connectivity index (χ0v) is 11.3. The Balaban J connectivity index is 1.97. The van der Waals surface area contributed by atoms with Gasteiger partial charge in [-0.05, 0) is 43.5 Å². The van der Waals surface area contributed by atoms with Gasteiger partial charge < -0.3 is 0 Å². The standard InChI is InChI=1S/C14H17ClF3N/c15-9-11-4-6-19(7-5-11)10-12-2-1-3-13(8-12)14(16,17)18/h1-3,8,11H,4-7,9-10H2. The molecule has 1 aromatic carbocycles. The number of benzene rings is 1. The van der Waals surface area contributed by atoms with Gasteiger partial charge in [-0.25, -0.2) is 0 Å². The van der Waals surface area contributed by atoms with Crippen LogP contribution in [0.4, 0.5) is 13.2 Å². The number of hydrogen-bond donors (Lipinski definition) is 0. The van der Waals surface area contributed by atoms with Gasteiger partial charge in [0.1, 0.15) is 0 Å². The van der Waals surface area contributed by atoms with Gasteiger partial charge in [-0.2, -0.15) is 13.2 Å². The third-order valence-electron chi connectivity index (χ3n) is 3.59. The molecule has 0 atom stereocenters. The Morgan fingerprint density at radius 1 is 1.21 bits per heavy atom. The average molecular weight is 292 g/mol. The lowest BCUT2D eigenvalue weighted by atomic mass is 9.98. The van der Waals surface area contributed by atoms with Gasteiger partial charge >= 0.3 is 6.18 Å². The summed E-state index contributed by atoms with van der Waals surface area (Å²) in [4.78, 5) is 2.19. The molecular weight excluding hydrogens is 275 g/mol. The van der Waals surface area contributed by atoms with Crippen LogP contribution in [0, 0.1) is 5.92 Å². The van der Waals surface area contributed by atoms with Crippen LogP contribution in [0.2, 0.25) is 0 Å². The molecule has 1 aliphatic heterocycles. The quantitative estimate of drug-likeness (QED) is 0.756. The predicted octanol–water partition coefficient (Wildman–Crippen LogP) is 4.16. The van der Waals surface area contributed by atoms with E-state index in [4.69, 9.17) is 11.6 Å². The van der Waals surface area contributed by atoms with Crippen LogP contribution in [0.25, 0.3) is 0 Å². The van der Waals surface area contributed by atoms with Gasteiger partial charge in [0, 0.05) is 12.4 Å². The number of alkyl halides is 4. The molecule has 0 aliphatic carbocycles. The van der Waals surface area contributed by atoms with E-state index in [0.29, 0.717) is 18.3 Å². The molecule has 0 saturated carbocycles. The summed E-state index contributed by atoms with van der Waals surface area (Å²) < 4.78 is 37.8. The van der Waals surface area contributed by atoms with E-state index < -0.39 is 11.7 Å². The molecule has 19 heavy (non-hydrogen) atoms. The monoisotopic (exact) mass is 291 g/mol. The van der Waals surface area contributed by atoms with Gasteiger partial charge in [-0.3, -0.25) is 4.90 Å². The number of rotatable bonds is 3. The van der Waals surface area contributed by atoms with Crippen molar-refractivity contribution in [2.24, 2.45) is 5.92 Å². The lowest BCUT2D eigenvalue weighted by Gasteiger charge is -2.31. The minimum absolute atomic E-state index is 0.555. The second kappa shape index (κ2) is 6.14. The molecule has 0 radical (unpaired) electrons. The molecule has 1 heterocycles. The van der Waals surface area contributed by atoms with Crippen molar-refractivity contribution >= 4 is 11.6 Å². The fourth-order valence-corrected chi connectivity index (χ4v) is 2.71. The maximum absolute atomic E-state index is 12.6. The number of nitrogens with zero attached hydrogens (tertiary/aromatic N) is 1. The minimum Gasteiger partial charge on any atom is -0.299 e. The van der Waals surface area contributed by atoms with E-state index in [0.717, 1.165) is 37.6 Å². The van der Waals surface area contributed by atoms with Crippen molar-refractivity contribution in [1.82, 2.24) is 4.90 Å². The van der Waals surface area contributed by atoms with Crippen molar-refractivity contribution in [3.63, 3.8) is 0 Å². The van der Waals surface area contributed by atoms with Crippen LogP contribution in [0.3, 0.4) is 0 Å². The number of hydrogen-bond acceptors (Lipinski definition) is 1. The van der Waals surface area contributed by atoms with Crippen LogP contribution in [0.15, 0.2) is 24.3 Å². The van der Waals surface area contributed by atoms with Crippen molar-refractivity contribution in [2.45, 2.75) is 25.6 Å². The number of likely N-dealkylation sites (tertiary alicyclic amines) is 1. The molecule has 1 fully saturated rings. The summed E-state index contributed by atoms with van der Waals surface area (Å²) >= 11 is 5.82. The van der Waals surface area contributed by atoms with E-state index in [1.807, 2.05) is 0 Å². The lowest BCUT2D eigenvalue weighted by molar-refractivity contribution is -0.137. The Bertz CT molecular complexity index is 411. The molecule has 5 heteroatoms. The molecule has 0 amide bonds. The molecule has 1 nitrogen and oxygen atoms in total. The Morgan fingerprint density at radius 2 is 1.89 bits per heavy atom. The van der Waals surface area contributed by atoms with Gasteiger partial charge in [0.15, 0.2) is 0 Å². The van der Waals surface area contributed by atoms with Crippen molar-refractivity contribution in [3.8, 4) is 0 Å². The van der Waals surface area contributed by atoms with Gasteiger partial charge in [0.05, 0.1) is 5.56 Å².